The summed E-state index contributed by atoms with van der Waals surface area (Å²) in [6.45, 7) is 19.4. The van der Waals surface area contributed by atoms with Crippen LogP contribution >= 0.6 is 0 Å². The maximum Gasteiger partial charge on any atom is 0.0110 e. The van der Waals surface area contributed by atoms with Gasteiger partial charge in [-0.15, -0.1) is 0 Å². The van der Waals surface area contributed by atoms with E-state index in [4.69, 9.17) is 0 Å². The molecule has 108 valence electrons. The summed E-state index contributed by atoms with van der Waals surface area (Å²) in [6, 6.07) is 0. The minimum absolute atomic E-state index is 0.510. The molecule has 0 aromatic carbocycles. The third kappa shape index (κ3) is 7.38. The normalized spacial score (nSPS) is 19.7. The number of unbranched alkanes of at least 4 members (excludes halogenated alkanes) is 1. The zero-order valence-electron chi connectivity index (χ0n) is 13.3. The van der Waals surface area contributed by atoms with Crippen molar-refractivity contribution in [3.63, 3.8) is 0 Å². The Hall–Kier alpha value is -0.0800. The summed E-state index contributed by atoms with van der Waals surface area (Å²) < 4.78 is 0. The van der Waals surface area contributed by atoms with E-state index in [2.05, 4.69) is 44.4 Å². The molecule has 1 rings (SSSR count). The lowest BCUT2D eigenvalue weighted by atomic mass is 9.90. The summed E-state index contributed by atoms with van der Waals surface area (Å²) >= 11 is 0. The monoisotopic (exact) mass is 254 g/mol. The first-order valence-electron chi connectivity index (χ1n) is 7.81. The van der Waals surface area contributed by atoms with Crippen molar-refractivity contribution < 1.29 is 0 Å². The van der Waals surface area contributed by atoms with Gasteiger partial charge < -0.3 is 9.80 Å². The molecule has 18 heavy (non-hydrogen) atoms. The van der Waals surface area contributed by atoms with E-state index in [1.165, 1.54) is 58.5 Å². The van der Waals surface area contributed by atoms with Gasteiger partial charge in [0.25, 0.3) is 0 Å². The van der Waals surface area contributed by atoms with Crippen molar-refractivity contribution in [3.8, 4) is 0 Å². The third-order valence-electron chi connectivity index (χ3n) is 3.74. The molecule has 1 heterocycles. The van der Waals surface area contributed by atoms with Crippen LogP contribution < -0.4 is 0 Å². The van der Waals surface area contributed by atoms with E-state index in [0.717, 1.165) is 5.92 Å². The second kappa shape index (κ2) is 7.49. The molecule has 0 spiro atoms. The van der Waals surface area contributed by atoms with Gasteiger partial charge in [-0.3, -0.25) is 0 Å². The lowest BCUT2D eigenvalue weighted by molar-refractivity contribution is 0.120. The van der Waals surface area contributed by atoms with Crippen LogP contribution in [0.15, 0.2) is 0 Å². The summed E-state index contributed by atoms with van der Waals surface area (Å²) in [6.07, 6.45) is 4.12. The molecule has 0 aromatic rings. The second-order valence-corrected chi connectivity index (χ2v) is 7.55. The Bertz CT molecular complexity index is 210. The molecule has 0 aliphatic carbocycles. The van der Waals surface area contributed by atoms with Crippen LogP contribution in [0, 0.1) is 11.3 Å². The fourth-order valence-corrected chi connectivity index (χ4v) is 2.70. The first kappa shape index (κ1) is 16.0. The van der Waals surface area contributed by atoms with Crippen molar-refractivity contribution in [2.75, 3.05) is 39.3 Å². The van der Waals surface area contributed by atoms with Crippen molar-refractivity contribution >= 4 is 0 Å². The van der Waals surface area contributed by atoms with Gasteiger partial charge in [-0.1, -0.05) is 41.0 Å². The zero-order chi connectivity index (χ0) is 13.6. The first-order valence-corrected chi connectivity index (χ1v) is 7.81. The second-order valence-electron chi connectivity index (χ2n) is 7.55. The molecule has 2 nitrogen and oxygen atoms in total. The largest absolute Gasteiger partial charge is 0.301 e. The molecule has 0 radical (unpaired) electrons. The lowest BCUT2D eigenvalue weighted by Crippen LogP contribution is -2.47. The maximum absolute atomic E-state index is 2.65. The van der Waals surface area contributed by atoms with Gasteiger partial charge in [-0.2, -0.15) is 0 Å². The van der Waals surface area contributed by atoms with Crippen LogP contribution in [0.3, 0.4) is 0 Å². The van der Waals surface area contributed by atoms with E-state index in [1.54, 1.807) is 0 Å². The van der Waals surface area contributed by atoms with Gasteiger partial charge in [-0.25, -0.2) is 0 Å². The molecule has 0 N–H and O–H groups in total. The van der Waals surface area contributed by atoms with E-state index in [-0.39, 0.29) is 0 Å². The van der Waals surface area contributed by atoms with Crippen molar-refractivity contribution in [1.29, 1.82) is 0 Å². The molecule has 0 bridgehead atoms. The predicted octanol–water partition coefficient (Wildman–Crippen LogP) is 3.48. The standard InChI is InChI=1S/C16H34N2/c1-15(2)14-18-12-10-17(11-13-18)9-7-6-8-16(3,4)5/h15H,6-14H2,1-5H3. The Morgan fingerprint density at radius 3 is 1.94 bits per heavy atom. The van der Waals surface area contributed by atoms with E-state index >= 15 is 0 Å². The van der Waals surface area contributed by atoms with Gasteiger partial charge in [-0.05, 0) is 30.7 Å². The topological polar surface area (TPSA) is 6.48 Å². The predicted molar refractivity (Wildman–Crippen MR) is 81.0 cm³/mol. The Morgan fingerprint density at radius 2 is 1.44 bits per heavy atom. The van der Waals surface area contributed by atoms with Crippen LogP contribution in [0.1, 0.15) is 53.9 Å². The molecular formula is C16H34N2. The van der Waals surface area contributed by atoms with Gasteiger partial charge >= 0.3 is 0 Å². The minimum atomic E-state index is 0.510. The highest BCUT2D eigenvalue weighted by molar-refractivity contribution is 4.73. The number of nitrogens with zero attached hydrogens (tertiary/aromatic N) is 2. The zero-order valence-corrected chi connectivity index (χ0v) is 13.3. The van der Waals surface area contributed by atoms with Gasteiger partial charge in [0.1, 0.15) is 0 Å². The quantitative estimate of drug-likeness (QED) is 0.670. The summed E-state index contributed by atoms with van der Waals surface area (Å²) in [5.74, 6) is 0.809. The van der Waals surface area contributed by atoms with Crippen molar-refractivity contribution in [2.24, 2.45) is 11.3 Å². The van der Waals surface area contributed by atoms with Gasteiger partial charge in [0, 0.05) is 32.7 Å². The summed E-state index contributed by atoms with van der Waals surface area (Å²) in [5.41, 5.74) is 0.510. The van der Waals surface area contributed by atoms with Gasteiger partial charge in [0.15, 0.2) is 0 Å². The lowest BCUT2D eigenvalue weighted by Gasteiger charge is -2.35. The molecule has 2 heteroatoms. The summed E-state index contributed by atoms with van der Waals surface area (Å²) in [4.78, 5) is 5.27. The molecule has 0 aromatic heterocycles. The Balaban J connectivity index is 2.05. The molecule has 0 amide bonds. The van der Waals surface area contributed by atoms with Crippen LogP contribution in [0.25, 0.3) is 0 Å². The molecule has 0 saturated carbocycles. The van der Waals surface area contributed by atoms with Gasteiger partial charge in [0.2, 0.25) is 0 Å². The van der Waals surface area contributed by atoms with Crippen molar-refractivity contribution in [3.05, 3.63) is 0 Å². The molecule has 0 atom stereocenters. The number of rotatable bonds is 6. The van der Waals surface area contributed by atoms with E-state index < -0.39 is 0 Å². The van der Waals surface area contributed by atoms with E-state index in [1.807, 2.05) is 0 Å². The summed E-state index contributed by atoms with van der Waals surface area (Å²) in [5, 5.41) is 0. The minimum Gasteiger partial charge on any atom is -0.301 e. The van der Waals surface area contributed by atoms with Crippen molar-refractivity contribution in [2.45, 2.75) is 53.9 Å². The van der Waals surface area contributed by atoms with E-state index in [9.17, 15) is 0 Å². The summed E-state index contributed by atoms with van der Waals surface area (Å²) in [7, 11) is 0. The smallest absolute Gasteiger partial charge is 0.0110 e. The van der Waals surface area contributed by atoms with Crippen LogP contribution in [-0.2, 0) is 0 Å². The van der Waals surface area contributed by atoms with Crippen LogP contribution in [-0.4, -0.2) is 49.1 Å². The Kier molecular flexibility index (Phi) is 6.65. The van der Waals surface area contributed by atoms with Crippen LogP contribution in [0.4, 0.5) is 0 Å². The average Bonchev–Trinajstić information content (AvgIpc) is 2.24. The number of hydrogen-bond donors (Lipinski definition) is 0. The van der Waals surface area contributed by atoms with Gasteiger partial charge in [0.05, 0.1) is 0 Å². The molecule has 1 aliphatic heterocycles. The first-order chi connectivity index (χ1) is 8.37. The molecule has 1 fully saturated rings. The molecular weight excluding hydrogens is 220 g/mol. The Morgan fingerprint density at radius 1 is 0.889 bits per heavy atom. The molecule has 0 unspecified atom stereocenters. The van der Waals surface area contributed by atoms with Crippen LogP contribution in [0.5, 0.6) is 0 Å². The maximum atomic E-state index is 2.65. The SMILES string of the molecule is CC(C)CN1CCN(CCCCC(C)(C)C)CC1. The number of hydrogen-bond acceptors (Lipinski definition) is 2. The van der Waals surface area contributed by atoms with Crippen LogP contribution in [0.2, 0.25) is 0 Å². The number of piperazine rings is 1. The molecule has 1 aliphatic rings. The highest BCUT2D eigenvalue weighted by Crippen LogP contribution is 2.21. The average molecular weight is 254 g/mol. The van der Waals surface area contributed by atoms with E-state index in [0.29, 0.717) is 5.41 Å². The van der Waals surface area contributed by atoms with Crippen molar-refractivity contribution in [1.82, 2.24) is 9.80 Å². The fourth-order valence-electron chi connectivity index (χ4n) is 2.70. The third-order valence-corrected chi connectivity index (χ3v) is 3.74. The highest BCUT2D eigenvalue weighted by atomic mass is 15.3. The highest BCUT2D eigenvalue weighted by Gasteiger charge is 2.17. The molecule has 1 saturated heterocycles. The Labute approximate surface area is 115 Å². The fraction of sp³-hybridized carbons (Fsp3) is 1.00.